The molecule has 2 saturated carbocycles. The Balaban J connectivity index is 1.91. The van der Waals surface area contributed by atoms with Gasteiger partial charge in [-0.15, -0.1) is 0 Å². The van der Waals surface area contributed by atoms with Gasteiger partial charge >= 0.3 is 0 Å². The number of hydrogen-bond donors (Lipinski definition) is 0. The molecule has 2 fully saturated rings. The number of rotatable bonds is 2. The lowest BCUT2D eigenvalue weighted by Gasteiger charge is -2.38. The third-order valence-electron chi connectivity index (χ3n) is 7.35. The quantitative estimate of drug-likeness (QED) is 0.596. The minimum atomic E-state index is -0.344. The van der Waals surface area contributed by atoms with Crippen LogP contribution in [0.4, 0.5) is 0 Å². The fourth-order valence-corrected chi connectivity index (χ4v) is 5.00. The van der Waals surface area contributed by atoms with Crippen LogP contribution in [0.1, 0.15) is 45.2 Å². The predicted octanol–water partition coefficient (Wildman–Crippen LogP) is 6.18. The second kappa shape index (κ2) is 5.54. The molecule has 0 saturated heterocycles. The Morgan fingerprint density at radius 2 is 1.27 bits per heavy atom. The molecule has 2 aromatic rings. The number of ketones is 1. The van der Waals surface area contributed by atoms with E-state index in [0.29, 0.717) is 5.78 Å². The van der Waals surface area contributed by atoms with Gasteiger partial charge in [-0.05, 0) is 29.0 Å². The summed E-state index contributed by atoms with van der Waals surface area (Å²) >= 11 is 0. The molecule has 1 heteroatoms. The minimum Gasteiger partial charge on any atom is -0.294 e. The molecule has 4 rings (SSSR count). The number of hydrogen-bond acceptors (Lipinski definition) is 1. The van der Waals surface area contributed by atoms with Crippen molar-refractivity contribution in [1.29, 1.82) is 0 Å². The van der Waals surface area contributed by atoms with E-state index in [1.807, 2.05) is 24.3 Å². The Morgan fingerprint density at radius 1 is 0.769 bits per heavy atom. The van der Waals surface area contributed by atoms with E-state index < -0.39 is 0 Å². The molecule has 0 spiro atoms. The Morgan fingerprint density at radius 3 is 1.77 bits per heavy atom. The standard InChI is InChI=1S/C25H26O/c1-23(2)24(3)17-20(15-18-11-7-5-8-12-18)25(23,4)21(22(24)26)16-19-13-9-6-10-14-19/h5-16H,17H2,1-4H3. The van der Waals surface area contributed by atoms with Gasteiger partial charge in [-0.2, -0.15) is 0 Å². The highest BCUT2D eigenvalue weighted by atomic mass is 16.1. The van der Waals surface area contributed by atoms with Gasteiger partial charge in [0.15, 0.2) is 5.78 Å². The molecule has 2 aliphatic rings. The van der Waals surface area contributed by atoms with Crippen molar-refractivity contribution < 1.29 is 4.79 Å². The first-order valence-corrected chi connectivity index (χ1v) is 9.39. The maximum Gasteiger partial charge on any atom is 0.166 e. The van der Waals surface area contributed by atoms with E-state index in [-0.39, 0.29) is 16.2 Å². The van der Waals surface area contributed by atoms with Crippen LogP contribution in [-0.2, 0) is 4.79 Å². The van der Waals surface area contributed by atoms with E-state index in [1.54, 1.807) is 0 Å². The largest absolute Gasteiger partial charge is 0.294 e. The molecule has 0 heterocycles. The summed E-state index contributed by atoms with van der Waals surface area (Å²) in [5.41, 5.74) is 3.94. The maximum absolute atomic E-state index is 13.4. The Bertz CT molecular complexity index is 917. The SMILES string of the molecule is CC12CC(=Cc3ccccc3)C(C)(C(=Cc3ccccc3)C1=O)C2(C)C. The number of fused-ring (bicyclic) bond motifs is 2. The van der Waals surface area contributed by atoms with Crippen LogP contribution >= 0.6 is 0 Å². The summed E-state index contributed by atoms with van der Waals surface area (Å²) in [6.45, 7) is 8.96. The first-order valence-electron chi connectivity index (χ1n) is 9.39. The molecular weight excluding hydrogens is 316 g/mol. The topological polar surface area (TPSA) is 17.1 Å². The first kappa shape index (κ1) is 17.0. The summed E-state index contributed by atoms with van der Waals surface area (Å²) < 4.78 is 0. The van der Waals surface area contributed by atoms with Crippen molar-refractivity contribution >= 4 is 17.9 Å². The van der Waals surface area contributed by atoms with Crippen molar-refractivity contribution in [2.75, 3.05) is 0 Å². The van der Waals surface area contributed by atoms with Crippen LogP contribution < -0.4 is 0 Å². The summed E-state index contributed by atoms with van der Waals surface area (Å²) in [6, 6.07) is 20.7. The Kier molecular flexibility index (Phi) is 3.63. The molecule has 2 unspecified atom stereocenters. The van der Waals surface area contributed by atoms with E-state index in [9.17, 15) is 4.79 Å². The van der Waals surface area contributed by atoms with Crippen LogP contribution in [0.5, 0.6) is 0 Å². The highest BCUT2D eigenvalue weighted by Crippen LogP contribution is 2.74. The van der Waals surface area contributed by atoms with Crippen molar-refractivity contribution in [3.8, 4) is 0 Å². The van der Waals surface area contributed by atoms with Gasteiger partial charge in [-0.25, -0.2) is 0 Å². The fraction of sp³-hybridized carbons (Fsp3) is 0.320. The molecule has 2 aromatic carbocycles. The van der Waals surface area contributed by atoms with Gasteiger partial charge in [-0.1, -0.05) is 100 Å². The van der Waals surface area contributed by atoms with Crippen molar-refractivity contribution in [2.45, 2.75) is 34.1 Å². The monoisotopic (exact) mass is 342 g/mol. The summed E-state index contributed by atoms with van der Waals surface area (Å²) in [7, 11) is 0. The third kappa shape index (κ3) is 2.06. The van der Waals surface area contributed by atoms with E-state index in [2.05, 4.69) is 76.2 Å². The summed E-state index contributed by atoms with van der Waals surface area (Å²) in [6.07, 6.45) is 5.27. The molecule has 2 atom stereocenters. The van der Waals surface area contributed by atoms with Gasteiger partial charge in [-0.3, -0.25) is 4.79 Å². The average Bonchev–Trinajstić information content (AvgIpc) is 2.85. The van der Waals surface area contributed by atoms with Crippen LogP contribution in [-0.4, -0.2) is 5.78 Å². The zero-order chi connectivity index (χ0) is 18.6. The van der Waals surface area contributed by atoms with Crippen molar-refractivity contribution in [3.63, 3.8) is 0 Å². The lowest BCUT2D eigenvalue weighted by atomic mass is 9.64. The van der Waals surface area contributed by atoms with Gasteiger partial charge in [0, 0.05) is 16.4 Å². The molecule has 0 amide bonds. The minimum absolute atomic E-state index is 0.113. The van der Waals surface area contributed by atoms with Gasteiger partial charge < -0.3 is 0 Å². The lowest BCUT2D eigenvalue weighted by Crippen LogP contribution is -2.34. The Hall–Kier alpha value is -2.41. The third-order valence-corrected chi connectivity index (χ3v) is 7.35. The van der Waals surface area contributed by atoms with Crippen LogP contribution in [0.25, 0.3) is 12.2 Å². The van der Waals surface area contributed by atoms with Crippen LogP contribution in [0, 0.1) is 16.2 Å². The molecule has 132 valence electrons. The predicted molar refractivity (Wildman–Crippen MR) is 108 cm³/mol. The van der Waals surface area contributed by atoms with E-state index in [0.717, 1.165) is 17.6 Å². The van der Waals surface area contributed by atoms with Gasteiger partial charge in [0.05, 0.1) is 0 Å². The molecule has 2 bridgehead atoms. The average molecular weight is 342 g/mol. The van der Waals surface area contributed by atoms with Crippen molar-refractivity contribution in [3.05, 3.63) is 82.9 Å². The van der Waals surface area contributed by atoms with Crippen LogP contribution in [0.15, 0.2) is 71.8 Å². The smallest absolute Gasteiger partial charge is 0.166 e. The van der Waals surface area contributed by atoms with Gasteiger partial charge in [0.2, 0.25) is 0 Å². The summed E-state index contributed by atoms with van der Waals surface area (Å²) in [5.74, 6) is 0.319. The molecule has 0 aromatic heterocycles. The normalized spacial score (nSPS) is 32.5. The first-order chi connectivity index (χ1) is 12.3. The molecule has 1 nitrogen and oxygen atoms in total. The van der Waals surface area contributed by atoms with Crippen LogP contribution in [0.2, 0.25) is 0 Å². The molecule has 0 radical (unpaired) electrons. The van der Waals surface area contributed by atoms with E-state index >= 15 is 0 Å². The zero-order valence-electron chi connectivity index (χ0n) is 16.0. The fourth-order valence-electron chi connectivity index (χ4n) is 5.00. The second-order valence-corrected chi connectivity index (χ2v) is 8.64. The highest BCUT2D eigenvalue weighted by molar-refractivity contribution is 6.11. The second-order valence-electron chi connectivity index (χ2n) is 8.64. The van der Waals surface area contributed by atoms with Crippen LogP contribution in [0.3, 0.4) is 0 Å². The summed E-state index contributed by atoms with van der Waals surface area (Å²) in [5, 5.41) is 0. The number of carbonyl (C=O) groups excluding carboxylic acids is 1. The van der Waals surface area contributed by atoms with E-state index in [4.69, 9.17) is 0 Å². The molecule has 0 N–H and O–H groups in total. The summed E-state index contributed by atoms with van der Waals surface area (Å²) in [4.78, 5) is 13.4. The van der Waals surface area contributed by atoms with Crippen molar-refractivity contribution in [2.24, 2.45) is 16.2 Å². The Labute approximate surface area is 156 Å². The van der Waals surface area contributed by atoms with E-state index in [1.165, 1.54) is 11.1 Å². The maximum atomic E-state index is 13.4. The molecular formula is C25H26O. The molecule has 0 aliphatic heterocycles. The lowest BCUT2D eigenvalue weighted by molar-refractivity contribution is -0.125. The number of carbonyl (C=O) groups is 1. The molecule has 26 heavy (non-hydrogen) atoms. The molecule has 2 aliphatic carbocycles. The highest BCUT2D eigenvalue weighted by Gasteiger charge is 2.72. The van der Waals surface area contributed by atoms with Crippen molar-refractivity contribution in [1.82, 2.24) is 0 Å². The van der Waals surface area contributed by atoms with Gasteiger partial charge in [0.1, 0.15) is 0 Å². The zero-order valence-corrected chi connectivity index (χ0v) is 16.0. The number of benzene rings is 2. The number of Topliss-reactive ketones (excluding diaryl/α,β-unsaturated/α-hetero) is 1. The van der Waals surface area contributed by atoms with Gasteiger partial charge in [0.25, 0.3) is 0 Å². The number of allylic oxidation sites excluding steroid dienone is 2.